The molecule has 1 saturated heterocycles. The van der Waals surface area contributed by atoms with Crippen molar-refractivity contribution in [1.82, 2.24) is 15.2 Å². The fraction of sp³-hybridized carbons (Fsp3) is 0.735. The normalized spacial score (nSPS) is 41.8. The molecule has 5 fully saturated rings. The molecule has 0 unspecified atom stereocenters. The van der Waals surface area contributed by atoms with Crippen LogP contribution in [0.25, 0.3) is 0 Å². The number of aromatic nitrogens is 1. The Balaban J connectivity index is 1.01. The average molecular weight is 818 g/mol. The molecule has 9 heteroatoms. The van der Waals surface area contributed by atoms with E-state index in [9.17, 15) is 18.5 Å². The first kappa shape index (κ1) is 42.2. The maximum absolute atomic E-state index is 13.7. The van der Waals surface area contributed by atoms with Crippen LogP contribution >= 0.6 is 0 Å². The monoisotopic (exact) mass is 818 g/mol. The summed E-state index contributed by atoms with van der Waals surface area (Å²) in [5.74, 6) is 7.14. The van der Waals surface area contributed by atoms with Crippen molar-refractivity contribution in [2.24, 2.45) is 56.7 Å². The van der Waals surface area contributed by atoms with Gasteiger partial charge in [0.2, 0.25) is 11.8 Å². The highest BCUT2D eigenvalue weighted by atomic mass is 32.2. The molecule has 0 bridgehead atoms. The molecule has 0 amide bonds. The molecular weight excluding hydrogens is 746 g/mol. The van der Waals surface area contributed by atoms with E-state index in [0.29, 0.717) is 48.9 Å². The number of hydrogen-bond donors (Lipinski definition) is 2. The molecule has 6 aliphatic carbocycles. The Morgan fingerprint density at radius 2 is 1.74 bits per heavy atom. The van der Waals surface area contributed by atoms with Gasteiger partial charge in [0.25, 0.3) is 0 Å². The van der Waals surface area contributed by atoms with Gasteiger partial charge in [0.15, 0.2) is 0 Å². The largest absolute Gasteiger partial charge is 0.481 e. The number of nitrogens with zero attached hydrogens (tertiary/aromatic N) is 2. The molecule has 1 aromatic rings. The van der Waals surface area contributed by atoms with Crippen LogP contribution in [-0.2, 0) is 14.3 Å². The third-order valence-corrected chi connectivity index (χ3v) is 20.6. The van der Waals surface area contributed by atoms with Crippen molar-refractivity contribution < 1.29 is 23.2 Å². The molecule has 1 aliphatic heterocycles. The number of carboxylic acids is 1. The summed E-state index contributed by atoms with van der Waals surface area (Å²) < 4.78 is 32.1. The Bertz CT molecular complexity index is 1960. The Morgan fingerprint density at radius 3 is 2.41 bits per heavy atom. The molecule has 0 aromatic carbocycles. The molecule has 2 heterocycles. The summed E-state index contributed by atoms with van der Waals surface area (Å²) in [4.78, 5) is 19.0. The highest BCUT2D eigenvalue weighted by Gasteiger charge is 2.70. The Hall–Kier alpha value is -2.49. The van der Waals surface area contributed by atoms with Gasteiger partial charge >= 0.3 is 5.97 Å². The second-order valence-corrected chi connectivity index (χ2v) is 24.4. The summed E-state index contributed by atoms with van der Waals surface area (Å²) >= 11 is 0. The van der Waals surface area contributed by atoms with Crippen molar-refractivity contribution in [3.8, 4) is 5.88 Å². The van der Waals surface area contributed by atoms with Gasteiger partial charge < -0.3 is 20.1 Å². The number of halogens is 1. The molecule has 4 saturated carbocycles. The van der Waals surface area contributed by atoms with Crippen LogP contribution in [0.5, 0.6) is 5.88 Å². The molecule has 0 radical (unpaired) electrons. The van der Waals surface area contributed by atoms with Crippen LogP contribution in [0.3, 0.4) is 0 Å². The highest BCUT2D eigenvalue weighted by Crippen LogP contribution is 2.76. The van der Waals surface area contributed by atoms with Crippen molar-refractivity contribution in [3.63, 3.8) is 0 Å². The van der Waals surface area contributed by atoms with Gasteiger partial charge in [-0.05, 0) is 168 Å². The molecule has 7 nitrogen and oxygen atoms in total. The summed E-state index contributed by atoms with van der Waals surface area (Å²) in [6.45, 7) is 23.8. The predicted molar refractivity (Wildman–Crippen MR) is 234 cm³/mol. The van der Waals surface area contributed by atoms with Crippen molar-refractivity contribution in [3.05, 3.63) is 59.6 Å². The summed E-state index contributed by atoms with van der Waals surface area (Å²) in [5, 5.41) is 14.7. The maximum Gasteiger partial charge on any atom is 0.313 e. The zero-order valence-corrected chi connectivity index (χ0v) is 37.3. The number of fused-ring (bicyclic) bond motifs is 7. The van der Waals surface area contributed by atoms with E-state index in [1.165, 1.54) is 80.2 Å². The standard InChI is InChI=1S/C49H72FN3O4S/c1-33(2)35-16-23-49(51-26-27-53-28-30-58(8,56)31-29-53)25-24-46(6)37(42(35)49)12-13-39-45(5)19-17-36(44(3,4)38(45)18-20-47(39,46)7)34-14-21-48(22-15-34,43(54)55)32-57-41-11-9-10-40(50)52-41/h9-11,14,17,35,37-39,42,51H,1,8,12-13,15-16,18-32H2,2-7H3,(H,54,55)/t35-,37+,38-,39+,42+,45-,46+,47+,48+,49-/m0/s1. The summed E-state index contributed by atoms with van der Waals surface area (Å²) in [7, 11) is -1.88. The molecule has 0 spiro atoms. The van der Waals surface area contributed by atoms with Gasteiger partial charge in [-0.3, -0.25) is 9.00 Å². The Labute approximate surface area is 349 Å². The first-order chi connectivity index (χ1) is 27.3. The lowest BCUT2D eigenvalue weighted by molar-refractivity contribution is -0.221. The molecule has 8 rings (SSSR count). The summed E-state index contributed by atoms with van der Waals surface area (Å²) in [6, 6.07) is 4.37. The number of aliphatic carboxylic acids is 1. The lowest BCUT2D eigenvalue weighted by atomic mass is 9.33. The molecule has 2 N–H and O–H groups in total. The quantitative estimate of drug-likeness (QED) is 0.138. The molecular formula is C49H72FN3O4S. The molecule has 7 aliphatic rings. The van der Waals surface area contributed by atoms with Crippen molar-refractivity contribution in [2.75, 3.05) is 44.3 Å². The zero-order valence-electron chi connectivity index (χ0n) is 36.5. The maximum atomic E-state index is 13.7. The molecule has 1 aromatic heterocycles. The SMILES string of the molecule is C=C(C)[C@@H]1CC[C@]2(NCCN3CCS(=C)(=O)CC3)CC[C@]3(C)[C@H](CC[C@@H]4[C@@]5(C)CC=C(C6=CC[C@@](COc7cccc(F)n7)(C(=O)O)CC6)C(C)(C)[C@@H]5CC[C@]43C)[C@@H]12. The third-order valence-electron chi connectivity index (χ3n) is 18.7. The second-order valence-electron chi connectivity index (χ2n) is 21.6. The fourth-order valence-electron chi connectivity index (χ4n) is 15.3. The van der Waals surface area contributed by atoms with Gasteiger partial charge in [-0.15, -0.1) is 0 Å². The van der Waals surface area contributed by atoms with Crippen molar-refractivity contribution >= 4 is 21.4 Å². The number of nitrogens with one attached hydrogen (secondary N) is 1. The van der Waals surface area contributed by atoms with Crippen molar-refractivity contribution in [2.45, 2.75) is 124 Å². The lowest BCUT2D eigenvalue weighted by Gasteiger charge is -2.72. The Kier molecular flexibility index (Phi) is 10.8. The van der Waals surface area contributed by atoms with E-state index in [2.05, 4.69) is 81.3 Å². The van der Waals surface area contributed by atoms with Gasteiger partial charge in [0.1, 0.15) is 12.0 Å². The number of carboxylic acid groups (broad SMARTS) is 1. The topological polar surface area (TPSA) is 91.8 Å². The number of rotatable bonds is 10. The Morgan fingerprint density at radius 1 is 0.983 bits per heavy atom. The summed E-state index contributed by atoms with van der Waals surface area (Å²) in [5.41, 5.74) is 3.92. The van der Waals surface area contributed by atoms with E-state index in [-0.39, 0.29) is 39.7 Å². The van der Waals surface area contributed by atoms with Crippen LogP contribution in [0.1, 0.15) is 119 Å². The number of allylic oxidation sites excluding steroid dienone is 5. The lowest BCUT2D eigenvalue weighted by Crippen LogP contribution is -2.68. The number of ether oxygens (including phenoxy) is 1. The van der Waals surface area contributed by atoms with Crippen LogP contribution in [0.4, 0.5) is 4.39 Å². The second kappa shape index (κ2) is 14.9. The van der Waals surface area contributed by atoms with Crippen LogP contribution in [-0.4, -0.2) is 80.9 Å². The predicted octanol–water partition coefficient (Wildman–Crippen LogP) is 9.35. The number of hydrogen-bond acceptors (Lipinski definition) is 6. The van der Waals surface area contributed by atoms with Crippen LogP contribution in [0.15, 0.2) is 53.6 Å². The minimum atomic E-state index is -1.88. The van der Waals surface area contributed by atoms with Crippen LogP contribution in [0.2, 0.25) is 0 Å². The number of pyridine rings is 1. The van der Waals surface area contributed by atoms with E-state index in [0.717, 1.165) is 44.1 Å². The first-order valence-electron chi connectivity index (χ1n) is 22.6. The molecule has 10 atom stereocenters. The minimum Gasteiger partial charge on any atom is -0.481 e. The van der Waals surface area contributed by atoms with E-state index in [1.54, 1.807) is 6.07 Å². The minimum absolute atomic E-state index is 0.0240. The van der Waals surface area contributed by atoms with E-state index >= 15 is 0 Å². The molecule has 320 valence electrons. The van der Waals surface area contributed by atoms with Gasteiger partial charge in [0, 0.05) is 49.3 Å². The fourth-order valence-corrected chi connectivity index (χ4v) is 16.7. The van der Waals surface area contributed by atoms with Crippen molar-refractivity contribution in [1.29, 1.82) is 0 Å². The van der Waals surface area contributed by atoms with Gasteiger partial charge in [-0.1, -0.05) is 65.0 Å². The van der Waals surface area contributed by atoms with E-state index < -0.39 is 26.9 Å². The smallest absolute Gasteiger partial charge is 0.313 e. The van der Waals surface area contributed by atoms with Gasteiger partial charge in [-0.25, -0.2) is 0 Å². The first-order valence-corrected chi connectivity index (χ1v) is 24.7. The molecule has 58 heavy (non-hydrogen) atoms. The number of carbonyl (C=O) groups is 1. The average Bonchev–Trinajstić information content (AvgIpc) is 3.55. The van der Waals surface area contributed by atoms with Crippen LogP contribution < -0.4 is 10.1 Å². The van der Waals surface area contributed by atoms with Gasteiger partial charge in [0.05, 0.1) is 0 Å². The van der Waals surface area contributed by atoms with E-state index in [4.69, 9.17) is 4.74 Å². The van der Waals surface area contributed by atoms with Crippen LogP contribution in [0, 0.1) is 62.6 Å². The highest BCUT2D eigenvalue weighted by molar-refractivity contribution is 8.00. The zero-order chi connectivity index (χ0) is 41.5. The third kappa shape index (κ3) is 6.78. The van der Waals surface area contributed by atoms with E-state index in [1.807, 2.05) is 0 Å². The van der Waals surface area contributed by atoms with Gasteiger partial charge in [-0.2, -0.15) is 9.37 Å². The summed E-state index contributed by atoms with van der Waals surface area (Å²) in [6.07, 6.45) is 17.5.